The molecule has 1 aromatic rings. The van der Waals surface area contributed by atoms with Crippen LogP contribution in [0.25, 0.3) is 0 Å². The van der Waals surface area contributed by atoms with E-state index in [1.807, 2.05) is 11.3 Å². The van der Waals surface area contributed by atoms with Crippen molar-refractivity contribution in [2.45, 2.75) is 70.9 Å². The summed E-state index contributed by atoms with van der Waals surface area (Å²) in [6, 6.07) is 0.541. The summed E-state index contributed by atoms with van der Waals surface area (Å²) in [4.78, 5) is 8.88. The van der Waals surface area contributed by atoms with E-state index in [0.29, 0.717) is 6.04 Å². The molecule has 2 aliphatic carbocycles. The molecule has 0 aliphatic heterocycles. The van der Waals surface area contributed by atoms with Crippen molar-refractivity contribution in [2.24, 2.45) is 5.92 Å². The van der Waals surface area contributed by atoms with E-state index in [4.69, 9.17) is 4.98 Å². The van der Waals surface area contributed by atoms with Crippen LogP contribution in [0.15, 0.2) is 0 Å². The number of nitrogens with one attached hydrogen (secondary N) is 1. The maximum atomic E-state index is 5.00. The molecule has 1 aromatic heterocycles. The van der Waals surface area contributed by atoms with Crippen molar-refractivity contribution in [3.05, 3.63) is 10.6 Å². The summed E-state index contributed by atoms with van der Waals surface area (Å²) in [5, 5.41) is 4.80. The van der Waals surface area contributed by atoms with Crippen LogP contribution in [0.5, 0.6) is 0 Å². The molecule has 0 amide bonds. The van der Waals surface area contributed by atoms with Gasteiger partial charge in [0.15, 0.2) is 5.13 Å². The van der Waals surface area contributed by atoms with Crippen molar-refractivity contribution in [3.8, 4) is 0 Å². The minimum Gasteiger partial charge on any atom is -0.351 e. The predicted molar refractivity (Wildman–Crippen MR) is 91.3 cm³/mol. The van der Waals surface area contributed by atoms with Gasteiger partial charge in [0.05, 0.1) is 5.69 Å². The fourth-order valence-electron chi connectivity index (χ4n) is 3.27. The average Bonchev–Trinajstić information content (AvgIpc) is 2.99. The lowest BCUT2D eigenvalue weighted by Crippen LogP contribution is -2.23. The van der Waals surface area contributed by atoms with Gasteiger partial charge in [-0.05, 0) is 31.6 Å². The molecule has 4 heteroatoms. The van der Waals surface area contributed by atoms with Crippen LogP contribution in [0.3, 0.4) is 0 Å². The first-order valence-electron chi connectivity index (χ1n) is 8.57. The van der Waals surface area contributed by atoms with E-state index in [0.717, 1.165) is 18.4 Å². The SMILES string of the molecule is CC(C)NCc1sc(N(C)CC2CCCC2)nc1C1CC1. The van der Waals surface area contributed by atoms with Gasteiger partial charge in [-0.1, -0.05) is 26.7 Å². The zero-order chi connectivity index (χ0) is 14.8. The molecule has 0 aromatic carbocycles. The van der Waals surface area contributed by atoms with Gasteiger partial charge in [0.2, 0.25) is 0 Å². The molecule has 2 fully saturated rings. The van der Waals surface area contributed by atoms with Crippen LogP contribution in [-0.4, -0.2) is 24.6 Å². The van der Waals surface area contributed by atoms with Crippen molar-refractivity contribution in [1.82, 2.24) is 10.3 Å². The van der Waals surface area contributed by atoms with Gasteiger partial charge in [-0.25, -0.2) is 4.98 Å². The van der Waals surface area contributed by atoms with Crippen LogP contribution in [0.1, 0.15) is 68.9 Å². The highest BCUT2D eigenvalue weighted by Crippen LogP contribution is 2.44. The lowest BCUT2D eigenvalue weighted by molar-refractivity contribution is 0.546. The van der Waals surface area contributed by atoms with E-state index >= 15 is 0 Å². The first-order valence-corrected chi connectivity index (χ1v) is 9.39. The third kappa shape index (κ3) is 3.98. The summed E-state index contributed by atoms with van der Waals surface area (Å²) in [5.74, 6) is 1.64. The van der Waals surface area contributed by atoms with Crippen LogP contribution in [0, 0.1) is 5.92 Å². The van der Waals surface area contributed by atoms with Crippen molar-refractivity contribution in [3.63, 3.8) is 0 Å². The number of rotatable bonds is 7. The van der Waals surface area contributed by atoms with Crippen LogP contribution in [0.2, 0.25) is 0 Å². The van der Waals surface area contributed by atoms with E-state index in [9.17, 15) is 0 Å². The summed E-state index contributed by atoms with van der Waals surface area (Å²) in [5.41, 5.74) is 1.39. The molecular formula is C17H29N3S. The Morgan fingerprint density at radius 1 is 1.24 bits per heavy atom. The Kier molecular flexibility index (Phi) is 4.85. The topological polar surface area (TPSA) is 28.2 Å². The molecule has 21 heavy (non-hydrogen) atoms. The van der Waals surface area contributed by atoms with Gasteiger partial charge in [0.25, 0.3) is 0 Å². The van der Waals surface area contributed by atoms with Gasteiger partial charge >= 0.3 is 0 Å². The zero-order valence-corrected chi connectivity index (χ0v) is 14.5. The molecule has 0 radical (unpaired) electrons. The number of aromatic nitrogens is 1. The third-order valence-corrected chi connectivity index (χ3v) is 5.87. The van der Waals surface area contributed by atoms with E-state index in [-0.39, 0.29) is 0 Å². The molecule has 0 atom stereocenters. The molecule has 3 nitrogen and oxygen atoms in total. The summed E-state index contributed by atoms with van der Waals surface area (Å²) >= 11 is 1.91. The van der Waals surface area contributed by atoms with Crippen LogP contribution in [0.4, 0.5) is 5.13 Å². The lowest BCUT2D eigenvalue weighted by atomic mass is 10.1. The monoisotopic (exact) mass is 307 g/mol. The highest BCUT2D eigenvalue weighted by molar-refractivity contribution is 7.15. The normalized spacial score (nSPS) is 19.6. The summed E-state index contributed by atoms with van der Waals surface area (Å²) in [6.07, 6.45) is 8.34. The number of thiazole rings is 1. The number of anilines is 1. The largest absolute Gasteiger partial charge is 0.351 e. The standard InChI is InChI=1S/C17H29N3S/c1-12(2)18-10-15-16(14-8-9-14)19-17(21-15)20(3)11-13-6-4-5-7-13/h12-14,18H,4-11H2,1-3H3. The number of nitrogens with zero attached hydrogens (tertiary/aromatic N) is 2. The molecule has 2 aliphatic rings. The van der Waals surface area contributed by atoms with Crippen molar-refractivity contribution >= 4 is 16.5 Å². The molecule has 118 valence electrons. The Bertz CT molecular complexity index is 459. The maximum absolute atomic E-state index is 5.00. The second kappa shape index (κ2) is 6.66. The van der Waals surface area contributed by atoms with Crippen LogP contribution < -0.4 is 10.2 Å². The van der Waals surface area contributed by atoms with Crippen LogP contribution in [-0.2, 0) is 6.54 Å². The molecule has 0 spiro atoms. The summed E-state index contributed by atoms with van der Waals surface area (Å²) < 4.78 is 0. The van der Waals surface area contributed by atoms with Gasteiger partial charge < -0.3 is 10.2 Å². The van der Waals surface area contributed by atoms with Gasteiger partial charge in [0.1, 0.15) is 0 Å². The number of hydrogen-bond acceptors (Lipinski definition) is 4. The maximum Gasteiger partial charge on any atom is 0.185 e. The van der Waals surface area contributed by atoms with Gasteiger partial charge in [-0.3, -0.25) is 0 Å². The fourth-order valence-corrected chi connectivity index (χ4v) is 4.34. The quantitative estimate of drug-likeness (QED) is 0.820. The number of hydrogen-bond donors (Lipinski definition) is 1. The Morgan fingerprint density at radius 2 is 1.95 bits per heavy atom. The molecule has 1 N–H and O–H groups in total. The molecule has 3 rings (SSSR count). The fraction of sp³-hybridized carbons (Fsp3) is 0.824. The highest BCUT2D eigenvalue weighted by Gasteiger charge is 2.30. The van der Waals surface area contributed by atoms with E-state index in [1.165, 1.54) is 60.8 Å². The van der Waals surface area contributed by atoms with Gasteiger partial charge in [-0.15, -0.1) is 11.3 Å². The van der Waals surface area contributed by atoms with Crippen molar-refractivity contribution in [1.29, 1.82) is 0 Å². The molecule has 0 unspecified atom stereocenters. The molecule has 1 heterocycles. The van der Waals surface area contributed by atoms with Gasteiger partial charge in [0, 0.05) is 37.0 Å². The first-order chi connectivity index (χ1) is 10.1. The highest BCUT2D eigenvalue weighted by atomic mass is 32.1. The van der Waals surface area contributed by atoms with Crippen LogP contribution >= 0.6 is 11.3 Å². The zero-order valence-electron chi connectivity index (χ0n) is 13.7. The minimum atomic E-state index is 0.541. The molecule has 0 bridgehead atoms. The Morgan fingerprint density at radius 3 is 2.57 bits per heavy atom. The molecular weight excluding hydrogens is 278 g/mol. The predicted octanol–water partition coefficient (Wildman–Crippen LogP) is 4.14. The van der Waals surface area contributed by atoms with Crippen molar-refractivity contribution < 1.29 is 0 Å². The van der Waals surface area contributed by atoms with E-state index < -0.39 is 0 Å². The second-order valence-electron chi connectivity index (χ2n) is 7.15. The Hall–Kier alpha value is -0.610. The van der Waals surface area contributed by atoms with Gasteiger partial charge in [-0.2, -0.15) is 0 Å². The summed E-state index contributed by atoms with van der Waals surface area (Å²) in [7, 11) is 2.23. The summed E-state index contributed by atoms with van der Waals surface area (Å²) in [6.45, 7) is 6.60. The minimum absolute atomic E-state index is 0.541. The Labute approximate surface area is 133 Å². The second-order valence-corrected chi connectivity index (χ2v) is 8.21. The van der Waals surface area contributed by atoms with E-state index in [2.05, 4.69) is 31.1 Å². The third-order valence-electron chi connectivity index (χ3n) is 4.68. The van der Waals surface area contributed by atoms with E-state index in [1.54, 1.807) is 0 Å². The Balaban J connectivity index is 1.67. The molecule has 0 saturated heterocycles. The molecule has 2 saturated carbocycles. The first kappa shape index (κ1) is 15.3. The average molecular weight is 308 g/mol. The lowest BCUT2D eigenvalue weighted by Gasteiger charge is -2.19. The van der Waals surface area contributed by atoms with Crippen molar-refractivity contribution in [2.75, 3.05) is 18.5 Å². The smallest absolute Gasteiger partial charge is 0.185 e.